The third-order valence-electron chi connectivity index (χ3n) is 3.58. The molecular formula is C16H26O6. The molecule has 1 saturated heterocycles. The van der Waals surface area contributed by atoms with Crippen LogP contribution in [0.4, 0.5) is 0 Å². The highest BCUT2D eigenvalue weighted by Gasteiger charge is 2.27. The van der Waals surface area contributed by atoms with Gasteiger partial charge in [0, 0.05) is 26.5 Å². The fourth-order valence-electron chi connectivity index (χ4n) is 2.50. The Balaban J connectivity index is 2.65. The summed E-state index contributed by atoms with van der Waals surface area (Å²) in [5, 5.41) is 0. The number of carbonyl (C=O) groups is 2. The quantitative estimate of drug-likeness (QED) is 0.530. The molecule has 1 rings (SSSR count). The average Bonchev–Trinajstić information content (AvgIpc) is 2.45. The van der Waals surface area contributed by atoms with E-state index in [0.717, 1.165) is 18.4 Å². The van der Waals surface area contributed by atoms with Crippen molar-refractivity contribution in [2.24, 2.45) is 5.92 Å². The standard InChI is InChI=1S/C16H26O6/c1-5-20-15(18)8-14-10-21-16(19-4)9-13(14)7-6-11(2)22-12(3)17/h8,11,13,16H,5-7,9-10H2,1-4H3/b14-8-/t11?,13-,16+/m0/s1. The van der Waals surface area contributed by atoms with Crippen molar-refractivity contribution in [3.8, 4) is 0 Å². The lowest BCUT2D eigenvalue weighted by molar-refractivity contribution is -0.148. The lowest BCUT2D eigenvalue weighted by atomic mass is 9.88. The summed E-state index contributed by atoms with van der Waals surface area (Å²) >= 11 is 0. The minimum atomic E-state index is -0.352. The van der Waals surface area contributed by atoms with Crippen LogP contribution < -0.4 is 0 Å². The van der Waals surface area contributed by atoms with Gasteiger partial charge in [-0.2, -0.15) is 0 Å². The zero-order chi connectivity index (χ0) is 16.5. The van der Waals surface area contributed by atoms with Crippen LogP contribution in [0.25, 0.3) is 0 Å². The van der Waals surface area contributed by atoms with Gasteiger partial charge >= 0.3 is 11.9 Å². The van der Waals surface area contributed by atoms with Gasteiger partial charge in [-0.05, 0) is 38.2 Å². The van der Waals surface area contributed by atoms with Crippen LogP contribution in [0.1, 0.15) is 40.0 Å². The van der Waals surface area contributed by atoms with Crippen LogP contribution in [0.2, 0.25) is 0 Å². The van der Waals surface area contributed by atoms with Gasteiger partial charge in [-0.1, -0.05) is 0 Å². The number of hydrogen-bond acceptors (Lipinski definition) is 6. The molecule has 6 nitrogen and oxygen atoms in total. The van der Waals surface area contributed by atoms with E-state index in [1.165, 1.54) is 13.0 Å². The van der Waals surface area contributed by atoms with E-state index in [9.17, 15) is 9.59 Å². The topological polar surface area (TPSA) is 71.1 Å². The van der Waals surface area contributed by atoms with Gasteiger partial charge in [-0.25, -0.2) is 4.79 Å². The van der Waals surface area contributed by atoms with E-state index >= 15 is 0 Å². The molecule has 1 heterocycles. The van der Waals surface area contributed by atoms with E-state index in [1.54, 1.807) is 14.0 Å². The van der Waals surface area contributed by atoms with Crippen LogP contribution >= 0.6 is 0 Å². The van der Waals surface area contributed by atoms with E-state index < -0.39 is 0 Å². The summed E-state index contributed by atoms with van der Waals surface area (Å²) in [5.74, 6) is -0.479. The summed E-state index contributed by atoms with van der Waals surface area (Å²) < 4.78 is 20.9. The van der Waals surface area contributed by atoms with Crippen molar-refractivity contribution in [1.29, 1.82) is 0 Å². The molecule has 0 saturated carbocycles. The largest absolute Gasteiger partial charge is 0.463 e. The van der Waals surface area contributed by atoms with Gasteiger partial charge in [-0.15, -0.1) is 0 Å². The highest BCUT2D eigenvalue weighted by Crippen LogP contribution is 2.30. The lowest BCUT2D eigenvalue weighted by Gasteiger charge is -2.31. The van der Waals surface area contributed by atoms with E-state index in [2.05, 4.69) is 0 Å². The Morgan fingerprint density at radius 3 is 2.77 bits per heavy atom. The maximum absolute atomic E-state index is 11.6. The predicted octanol–water partition coefficient (Wildman–Crippen LogP) is 2.22. The molecule has 0 aliphatic carbocycles. The molecule has 0 aromatic rings. The van der Waals surface area contributed by atoms with Gasteiger partial charge in [-0.3, -0.25) is 4.79 Å². The molecule has 0 N–H and O–H groups in total. The summed E-state index contributed by atoms with van der Waals surface area (Å²) in [6.07, 6.45) is 3.29. The Morgan fingerprint density at radius 1 is 1.45 bits per heavy atom. The first-order chi connectivity index (χ1) is 10.5. The van der Waals surface area contributed by atoms with Crippen molar-refractivity contribution in [2.45, 2.75) is 52.4 Å². The Hall–Kier alpha value is -1.40. The Bertz CT molecular complexity index is 403. The molecule has 0 radical (unpaired) electrons. The molecular weight excluding hydrogens is 288 g/mol. The van der Waals surface area contributed by atoms with Crippen LogP contribution in [0.5, 0.6) is 0 Å². The van der Waals surface area contributed by atoms with Crippen molar-refractivity contribution < 1.29 is 28.5 Å². The molecule has 3 atom stereocenters. The van der Waals surface area contributed by atoms with Gasteiger partial charge in [0.05, 0.1) is 19.3 Å². The van der Waals surface area contributed by atoms with Gasteiger partial charge < -0.3 is 18.9 Å². The number of carbonyl (C=O) groups excluding carboxylic acids is 2. The Morgan fingerprint density at radius 2 is 2.18 bits per heavy atom. The fourth-order valence-corrected chi connectivity index (χ4v) is 2.50. The normalized spacial score (nSPS) is 24.8. The SMILES string of the molecule is CCOC(=O)/C=C1/CO[C@@H](OC)C[C@@H]1CCC(C)OC(C)=O. The highest BCUT2D eigenvalue weighted by molar-refractivity contribution is 5.82. The number of rotatable bonds is 7. The lowest BCUT2D eigenvalue weighted by Crippen LogP contribution is -2.30. The minimum Gasteiger partial charge on any atom is -0.463 e. The number of methoxy groups -OCH3 is 1. The maximum atomic E-state index is 11.6. The molecule has 1 aliphatic rings. The van der Waals surface area contributed by atoms with Gasteiger partial charge in [0.15, 0.2) is 6.29 Å². The average molecular weight is 314 g/mol. The van der Waals surface area contributed by atoms with Crippen LogP contribution in [-0.2, 0) is 28.5 Å². The van der Waals surface area contributed by atoms with E-state index in [0.29, 0.717) is 19.6 Å². The zero-order valence-electron chi connectivity index (χ0n) is 13.8. The Labute approximate surface area is 131 Å². The number of ether oxygens (including phenoxy) is 4. The summed E-state index contributed by atoms with van der Waals surface area (Å²) in [6.45, 7) is 5.73. The van der Waals surface area contributed by atoms with Gasteiger partial charge in [0.1, 0.15) is 0 Å². The second-order valence-electron chi connectivity index (χ2n) is 5.38. The van der Waals surface area contributed by atoms with E-state index in [-0.39, 0.29) is 30.3 Å². The molecule has 1 fully saturated rings. The monoisotopic (exact) mass is 314 g/mol. The Kier molecular flexibility index (Phi) is 8.12. The number of esters is 2. The molecule has 1 unspecified atom stereocenters. The highest BCUT2D eigenvalue weighted by atomic mass is 16.7. The van der Waals surface area contributed by atoms with Gasteiger partial charge in [0.2, 0.25) is 0 Å². The van der Waals surface area contributed by atoms with Crippen molar-refractivity contribution >= 4 is 11.9 Å². The molecule has 0 aromatic carbocycles. The molecule has 6 heteroatoms. The van der Waals surface area contributed by atoms with Crippen LogP contribution in [0, 0.1) is 5.92 Å². The van der Waals surface area contributed by atoms with Crippen LogP contribution in [0.3, 0.4) is 0 Å². The predicted molar refractivity (Wildman–Crippen MR) is 80.0 cm³/mol. The third kappa shape index (κ3) is 6.58. The van der Waals surface area contributed by atoms with Crippen LogP contribution in [0.15, 0.2) is 11.6 Å². The smallest absolute Gasteiger partial charge is 0.330 e. The first kappa shape index (κ1) is 18.6. The second kappa shape index (κ2) is 9.58. The van der Waals surface area contributed by atoms with Crippen molar-refractivity contribution in [2.75, 3.05) is 20.3 Å². The number of hydrogen-bond donors (Lipinski definition) is 0. The minimum absolute atomic E-state index is 0.148. The zero-order valence-corrected chi connectivity index (χ0v) is 13.8. The maximum Gasteiger partial charge on any atom is 0.330 e. The summed E-state index contributed by atoms with van der Waals surface area (Å²) in [7, 11) is 1.60. The van der Waals surface area contributed by atoms with E-state index in [4.69, 9.17) is 18.9 Å². The van der Waals surface area contributed by atoms with Crippen LogP contribution in [-0.4, -0.2) is 44.7 Å². The van der Waals surface area contributed by atoms with E-state index in [1.807, 2.05) is 6.92 Å². The molecule has 0 spiro atoms. The fraction of sp³-hybridized carbons (Fsp3) is 0.750. The molecule has 1 aliphatic heterocycles. The third-order valence-corrected chi connectivity index (χ3v) is 3.58. The van der Waals surface area contributed by atoms with Crippen molar-refractivity contribution in [3.05, 3.63) is 11.6 Å². The molecule has 126 valence electrons. The summed E-state index contributed by atoms with van der Waals surface area (Å²) in [6, 6.07) is 0. The molecule has 22 heavy (non-hydrogen) atoms. The van der Waals surface area contributed by atoms with Gasteiger partial charge in [0.25, 0.3) is 0 Å². The first-order valence-electron chi connectivity index (χ1n) is 7.65. The second-order valence-corrected chi connectivity index (χ2v) is 5.38. The summed E-state index contributed by atoms with van der Waals surface area (Å²) in [4.78, 5) is 22.6. The van der Waals surface area contributed by atoms with Crippen molar-refractivity contribution in [1.82, 2.24) is 0 Å². The molecule has 0 aromatic heterocycles. The van der Waals surface area contributed by atoms with Crippen molar-refractivity contribution in [3.63, 3.8) is 0 Å². The summed E-state index contributed by atoms with van der Waals surface area (Å²) in [5.41, 5.74) is 0.904. The molecule has 0 amide bonds. The first-order valence-corrected chi connectivity index (χ1v) is 7.65. The molecule has 0 bridgehead atoms.